The van der Waals surface area contributed by atoms with E-state index in [4.69, 9.17) is 9.84 Å². The van der Waals surface area contributed by atoms with Gasteiger partial charge in [-0.15, -0.1) is 0 Å². The summed E-state index contributed by atoms with van der Waals surface area (Å²) < 4.78 is 4.94. The molecular formula is C14H20O3. The van der Waals surface area contributed by atoms with Crippen LogP contribution < -0.4 is 0 Å². The molecule has 3 heteroatoms. The fraction of sp³-hybridized carbons (Fsp3) is 0.500. The quantitative estimate of drug-likeness (QED) is 0.771. The van der Waals surface area contributed by atoms with E-state index < -0.39 is 0 Å². The van der Waals surface area contributed by atoms with Crippen molar-refractivity contribution in [2.75, 3.05) is 13.2 Å². The Kier molecular flexibility index (Phi) is 5.70. The molecule has 0 fully saturated rings. The monoisotopic (exact) mass is 236 g/mol. The van der Waals surface area contributed by atoms with Gasteiger partial charge in [0, 0.05) is 13.5 Å². The summed E-state index contributed by atoms with van der Waals surface area (Å²) in [5.41, 5.74) is 2.41. The molecule has 17 heavy (non-hydrogen) atoms. The summed E-state index contributed by atoms with van der Waals surface area (Å²) in [6.45, 7) is 4.02. The first kappa shape index (κ1) is 13.7. The lowest BCUT2D eigenvalue weighted by Crippen LogP contribution is -2.08. The third-order valence-electron chi connectivity index (χ3n) is 2.80. The van der Waals surface area contributed by atoms with Gasteiger partial charge in [-0.3, -0.25) is 4.79 Å². The standard InChI is InChI=1S/C14H20O3/c1-11-3-5-13(6-4-11)14(7-9-15)8-10-17-12(2)16/h3-6,14-15H,7-10H2,1-2H3/t14-/m1/s1. The maximum absolute atomic E-state index is 10.7. The third kappa shape index (κ3) is 5.00. The maximum Gasteiger partial charge on any atom is 0.302 e. The molecule has 1 rings (SSSR count). The fourth-order valence-electron chi connectivity index (χ4n) is 1.82. The predicted octanol–water partition coefficient (Wildman–Crippen LogP) is 2.41. The van der Waals surface area contributed by atoms with Gasteiger partial charge in [0.25, 0.3) is 0 Å². The van der Waals surface area contributed by atoms with Crippen molar-refractivity contribution in [3.05, 3.63) is 35.4 Å². The van der Waals surface area contributed by atoms with Crippen LogP contribution in [-0.4, -0.2) is 24.3 Å². The smallest absolute Gasteiger partial charge is 0.302 e. The molecule has 0 spiro atoms. The van der Waals surface area contributed by atoms with Gasteiger partial charge < -0.3 is 9.84 Å². The molecule has 1 aromatic rings. The average Bonchev–Trinajstić information content (AvgIpc) is 2.29. The van der Waals surface area contributed by atoms with Gasteiger partial charge in [-0.1, -0.05) is 29.8 Å². The largest absolute Gasteiger partial charge is 0.466 e. The van der Waals surface area contributed by atoms with Crippen LogP contribution in [0.15, 0.2) is 24.3 Å². The van der Waals surface area contributed by atoms with E-state index in [2.05, 4.69) is 24.3 Å². The first-order chi connectivity index (χ1) is 8.13. The molecule has 0 heterocycles. The number of rotatable bonds is 6. The Balaban J connectivity index is 2.58. The van der Waals surface area contributed by atoms with E-state index in [1.54, 1.807) is 0 Å². The van der Waals surface area contributed by atoms with E-state index in [0.29, 0.717) is 13.0 Å². The molecule has 3 nitrogen and oxygen atoms in total. The van der Waals surface area contributed by atoms with Crippen molar-refractivity contribution in [2.24, 2.45) is 0 Å². The Labute approximate surface area is 102 Å². The van der Waals surface area contributed by atoms with E-state index in [9.17, 15) is 4.79 Å². The highest BCUT2D eigenvalue weighted by molar-refractivity contribution is 5.65. The van der Waals surface area contributed by atoms with Crippen molar-refractivity contribution in [3.8, 4) is 0 Å². The summed E-state index contributed by atoms with van der Waals surface area (Å²) in [5, 5.41) is 9.05. The maximum atomic E-state index is 10.7. The molecule has 0 unspecified atom stereocenters. The summed E-state index contributed by atoms with van der Waals surface area (Å²) in [5.74, 6) is -0.00314. The number of carbonyl (C=O) groups is 1. The Hall–Kier alpha value is -1.35. The number of hydrogen-bond acceptors (Lipinski definition) is 3. The molecule has 94 valence electrons. The van der Waals surface area contributed by atoms with E-state index in [1.807, 2.05) is 6.92 Å². The summed E-state index contributed by atoms with van der Waals surface area (Å²) in [6.07, 6.45) is 1.45. The van der Waals surface area contributed by atoms with Gasteiger partial charge in [0.1, 0.15) is 0 Å². The lowest BCUT2D eigenvalue weighted by atomic mass is 9.92. The summed E-state index contributed by atoms with van der Waals surface area (Å²) >= 11 is 0. The molecule has 0 radical (unpaired) electrons. The van der Waals surface area contributed by atoms with Crippen LogP contribution in [-0.2, 0) is 9.53 Å². The number of benzene rings is 1. The molecule has 1 aromatic carbocycles. The Morgan fingerprint density at radius 3 is 2.47 bits per heavy atom. The summed E-state index contributed by atoms with van der Waals surface area (Å²) in [4.78, 5) is 10.7. The number of ether oxygens (including phenoxy) is 1. The van der Waals surface area contributed by atoms with Crippen molar-refractivity contribution in [1.29, 1.82) is 0 Å². The van der Waals surface area contributed by atoms with Gasteiger partial charge in [0.2, 0.25) is 0 Å². The minimum Gasteiger partial charge on any atom is -0.466 e. The van der Waals surface area contributed by atoms with Crippen LogP contribution in [0.2, 0.25) is 0 Å². The summed E-state index contributed by atoms with van der Waals surface area (Å²) in [6, 6.07) is 8.27. The lowest BCUT2D eigenvalue weighted by molar-refractivity contribution is -0.141. The number of aliphatic hydroxyl groups excluding tert-OH is 1. The van der Waals surface area contributed by atoms with E-state index in [-0.39, 0.29) is 18.5 Å². The molecule has 0 amide bonds. The normalized spacial score (nSPS) is 12.2. The minimum absolute atomic E-state index is 0.151. The molecule has 0 saturated carbocycles. The van der Waals surface area contributed by atoms with Crippen LogP contribution in [0.3, 0.4) is 0 Å². The topological polar surface area (TPSA) is 46.5 Å². The van der Waals surface area contributed by atoms with Gasteiger partial charge in [-0.25, -0.2) is 0 Å². The zero-order chi connectivity index (χ0) is 12.7. The van der Waals surface area contributed by atoms with Gasteiger partial charge in [-0.2, -0.15) is 0 Å². The average molecular weight is 236 g/mol. The minimum atomic E-state index is -0.253. The first-order valence-corrected chi connectivity index (χ1v) is 5.94. The van der Waals surface area contributed by atoms with Crippen LogP contribution in [0.25, 0.3) is 0 Å². The first-order valence-electron chi connectivity index (χ1n) is 5.94. The van der Waals surface area contributed by atoms with Crippen molar-refractivity contribution < 1.29 is 14.6 Å². The van der Waals surface area contributed by atoms with Crippen LogP contribution in [0.4, 0.5) is 0 Å². The van der Waals surface area contributed by atoms with Crippen LogP contribution >= 0.6 is 0 Å². The Morgan fingerprint density at radius 2 is 1.94 bits per heavy atom. The lowest BCUT2D eigenvalue weighted by Gasteiger charge is -2.16. The number of carbonyl (C=O) groups excluding carboxylic acids is 1. The zero-order valence-corrected chi connectivity index (χ0v) is 10.5. The highest BCUT2D eigenvalue weighted by atomic mass is 16.5. The Morgan fingerprint density at radius 1 is 1.29 bits per heavy atom. The highest BCUT2D eigenvalue weighted by Gasteiger charge is 2.11. The summed E-state index contributed by atoms with van der Waals surface area (Å²) in [7, 11) is 0. The molecule has 0 aliphatic carbocycles. The van der Waals surface area contributed by atoms with E-state index in [0.717, 1.165) is 6.42 Å². The molecule has 0 aliphatic heterocycles. The second-order valence-corrected chi connectivity index (χ2v) is 4.25. The molecule has 0 aliphatic rings. The molecular weight excluding hydrogens is 216 g/mol. The van der Waals surface area contributed by atoms with Gasteiger partial charge in [0.05, 0.1) is 6.61 Å². The highest BCUT2D eigenvalue weighted by Crippen LogP contribution is 2.23. The molecule has 1 N–H and O–H groups in total. The zero-order valence-electron chi connectivity index (χ0n) is 10.5. The van der Waals surface area contributed by atoms with Gasteiger partial charge >= 0.3 is 5.97 Å². The Bertz CT molecular complexity index is 343. The second kappa shape index (κ2) is 7.07. The van der Waals surface area contributed by atoms with Crippen molar-refractivity contribution in [2.45, 2.75) is 32.6 Å². The number of aryl methyl sites for hydroxylation is 1. The van der Waals surface area contributed by atoms with Crippen molar-refractivity contribution in [1.82, 2.24) is 0 Å². The van der Waals surface area contributed by atoms with Crippen molar-refractivity contribution >= 4 is 5.97 Å². The van der Waals surface area contributed by atoms with Crippen LogP contribution in [0.1, 0.15) is 36.8 Å². The van der Waals surface area contributed by atoms with E-state index >= 15 is 0 Å². The van der Waals surface area contributed by atoms with Crippen LogP contribution in [0.5, 0.6) is 0 Å². The predicted molar refractivity (Wildman–Crippen MR) is 66.9 cm³/mol. The third-order valence-corrected chi connectivity index (χ3v) is 2.80. The van der Waals surface area contributed by atoms with Gasteiger partial charge in [-0.05, 0) is 31.2 Å². The second-order valence-electron chi connectivity index (χ2n) is 4.25. The van der Waals surface area contributed by atoms with Crippen LogP contribution in [0, 0.1) is 6.92 Å². The van der Waals surface area contributed by atoms with Crippen molar-refractivity contribution in [3.63, 3.8) is 0 Å². The molecule has 0 bridgehead atoms. The number of hydrogen-bond donors (Lipinski definition) is 1. The SMILES string of the molecule is CC(=O)OCC[C@@H](CCO)c1ccc(C)cc1. The van der Waals surface area contributed by atoms with E-state index in [1.165, 1.54) is 18.1 Å². The molecule has 0 aromatic heterocycles. The number of esters is 1. The van der Waals surface area contributed by atoms with Gasteiger partial charge in [0.15, 0.2) is 0 Å². The molecule has 1 atom stereocenters. The number of aliphatic hydroxyl groups is 1. The fourth-order valence-corrected chi connectivity index (χ4v) is 1.82. The molecule has 0 saturated heterocycles.